The maximum Gasteiger partial charge on any atom is 0.286 e. The van der Waals surface area contributed by atoms with Crippen molar-refractivity contribution in [2.75, 3.05) is 20.2 Å². The SMILES string of the molecule is COc1ccc([C@H](C)NS(=O)(=O)/C=C/c2n[nH]c3c2CCCCCC3Cc2cccc(Cl)c2)cc1.O=C(NN1CCCCC1)c1nn(-c2ccc(Cl)cc2Cl)c2c1CCCCC/C2=C\c1ccc(F)cc1. The number of hydrazine groups is 1. The Kier molecular flexibility index (Phi) is 17.9. The molecule has 9 rings (SSSR count). The number of allylic oxidation sites excluding steroid dienone is 1. The van der Waals surface area contributed by atoms with E-state index in [4.69, 9.17) is 44.6 Å². The summed E-state index contributed by atoms with van der Waals surface area (Å²) >= 11 is 19.0. The Bertz CT molecular complexity index is 2950. The molecule has 2 aromatic heterocycles. The molecule has 16 heteroatoms. The maximum absolute atomic E-state index is 13.6. The van der Waals surface area contributed by atoms with E-state index >= 15 is 0 Å². The molecule has 1 aliphatic heterocycles. The number of H-pyrrole nitrogens is 1. The van der Waals surface area contributed by atoms with Crippen molar-refractivity contribution in [3.05, 3.63) is 168 Å². The fourth-order valence-electron chi connectivity index (χ4n) is 9.74. The number of aromatic nitrogens is 4. The van der Waals surface area contributed by atoms with Gasteiger partial charge in [0, 0.05) is 57.3 Å². The van der Waals surface area contributed by atoms with E-state index < -0.39 is 10.0 Å². The highest BCUT2D eigenvalue weighted by Gasteiger charge is 2.29. The number of fused-ring (bicyclic) bond motifs is 2. The van der Waals surface area contributed by atoms with Crippen molar-refractivity contribution in [1.82, 2.24) is 35.1 Å². The molecule has 0 saturated carbocycles. The molecule has 1 saturated heterocycles. The molecule has 3 N–H and O–H groups in total. The highest BCUT2D eigenvalue weighted by molar-refractivity contribution is 7.92. The number of hydrogen-bond acceptors (Lipinski definition) is 7. The number of piperidine rings is 1. The van der Waals surface area contributed by atoms with Gasteiger partial charge in [-0.2, -0.15) is 10.2 Å². The molecule has 374 valence electrons. The summed E-state index contributed by atoms with van der Waals surface area (Å²) in [5.41, 5.74) is 12.9. The van der Waals surface area contributed by atoms with Gasteiger partial charge >= 0.3 is 0 Å². The van der Waals surface area contributed by atoms with Crippen molar-refractivity contribution in [2.45, 2.75) is 109 Å². The van der Waals surface area contributed by atoms with Crippen molar-refractivity contribution in [1.29, 1.82) is 0 Å². The van der Waals surface area contributed by atoms with Gasteiger partial charge in [0.1, 0.15) is 11.6 Å². The monoisotopic (exact) mass is 1040 g/mol. The number of sulfonamides is 1. The summed E-state index contributed by atoms with van der Waals surface area (Å²) < 4.78 is 48.8. The number of carbonyl (C=O) groups excluding carboxylic acids is 1. The second-order valence-electron chi connectivity index (χ2n) is 18.5. The number of hydrogen-bond donors (Lipinski definition) is 3. The van der Waals surface area contributed by atoms with Crippen LogP contribution in [0, 0.1) is 5.82 Å². The van der Waals surface area contributed by atoms with Crippen LogP contribution in [0.2, 0.25) is 15.1 Å². The first-order valence-corrected chi connectivity index (χ1v) is 27.3. The number of rotatable bonds is 12. The highest BCUT2D eigenvalue weighted by Crippen LogP contribution is 2.37. The van der Waals surface area contributed by atoms with Gasteiger partial charge in [-0.05, 0) is 160 Å². The Morgan fingerprint density at radius 1 is 0.859 bits per heavy atom. The number of halogens is 4. The van der Waals surface area contributed by atoms with E-state index in [2.05, 4.69) is 32.5 Å². The quantitative estimate of drug-likeness (QED) is 0.111. The van der Waals surface area contributed by atoms with Gasteiger partial charge in [-0.25, -0.2) is 27.2 Å². The molecule has 0 bridgehead atoms. The first-order valence-electron chi connectivity index (χ1n) is 24.6. The zero-order valence-electron chi connectivity index (χ0n) is 40.2. The van der Waals surface area contributed by atoms with E-state index in [1.807, 2.05) is 60.5 Å². The van der Waals surface area contributed by atoms with Crippen LogP contribution in [0.3, 0.4) is 0 Å². The third kappa shape index (κ3) is 13.8. The Labute approximate surface area is 431 Å². The molecular weight excluding hydrogens is 980 g/mol. The summed E-state index contributed by atoms with van der Waals surface area (Å²) in [7, 11) is -2.06. The van der Waals surface area contributed by atoms with Crippen LogP contribution in [-0.4, -0.2) is 59.5 Å². The van der Waals surface area contributed by atoms with Gasteiger partial charge in [0.25, 0.3) is 5.91 Å². The first-order chi connectivity index (χ1) is 34.3. The number of ether oxygens (including phenoxy) is 1. The van der Waals surface area contributed by atoms with Crippen LogP contribution in [0.25, 0.3) is 23.4 Å². The van der Waals surface area contributed by atoms with E-state index in [-0.39, 0.29) is 17.8 Å². The predicted octanol–water partition coefficient (Wildman–Crippen LogP) is 13.3. The zero-order chi connectivity index (χ0) is 49.9. The van der Waals surface area contributed by atoms with Gasteiger partial charge in [0.05, 0.1) is 29.2 Å². The number of carbonyl (C=O) groups is 1. The summed E-state index contributed by atoms with van der Waals surface area (Å²) in [6.07, 6.45) is 17.8. The smallest absolute Gasteiger partial charge is 0.286 e. The van der Waals surface area contributed by atoms with E-state index in [9.17, 15) is 17.6 Å². The van der Waals surface area contributed by atoms with E-state index in [0.717, 1.165) is 147 Å². The number of nitrogens with zero attached hydrogens (tertiary/aromatic N) is 4. The van der Waals surface area contributed by atoms with E-state index in [1.165, 1.54) is 29.5 Å². The number of nitrogens with one attached hydrogen (secondary N) is 3. The predicted molar refractivity (Wildman–Crippen MR) is 284 cm³/mol. The molecule has 1 unspecified atom stereocenters. The lowest BCUT2D eigenvalue weighted by Gasteiger charge is -2.26. The minimum atomic E-state index is -3.66. The van der Waals surface area contributed by atoms with Crippen LogP contribution in [-0.2, 0) is 29.3 Å². The van der Waals surface area contributed by atoms with Crippen molar-refractivity contribution in [3.63, 3.8) is 0 Å². The third-order valence-corrected chi connectivity index (χ3v) is 15.3. The van der Waals surface area contributed by atoms with Crippen molar-refractivity contribution in [3.8, 4) is 11.4 Å². The molecule has 6 aromatic rings. The standard InChI is InChI=1S/C28H29Cl2FN4O.C27H32ClN3O3S/c29-21-11-14-25(24(30)18-21)35-27-20(17-19-9-12-22(31)13-10-19)7-3-1-4-8-23(27)26(32-35)28(36)33-34-15-5-2-6-16-34;1-19(21-11-13-24(34-2)14-12-21)31-35(32,33)16-15-26-25-10-5-3-4-8-22(27(25)30-29-26)17-20-7-6-9-23(28)18-20/h9-14,17-18H,1-8,15-16H2,(H,33,36);6-7,9,11-16,18-19,22,31H,3-5,8,10,17H2,1-2H3,(H,29,30)/b20-17+;16-15+/t;19-,22?/m.0/s1. The molecule has 2 atom stereocenters. The van der Waals surface area contributed by atoms with Gasteiger partial charge in [-0.15, -0.1) is 0 Å². The number of aromatic amines is 1. The number of methoxy groups -OCH3 is 1. The summed E-state index contributed by atoms with van der Waals surface area (Å²) in [4.78, 5) is 13.5. The summed E-state index contributed by atoms with van der Waals surface area (Å²) in [6, 6.07) is 26.7. The molecule has 11 nitrogen and oxygen atoms in total. The minimum Gasteiger partial charge on any atom is -0.497 e. The Morgan fingerprint density at radius 3 is 2.30 bits per heavy atom. The topological polar surface area (TPSA) is 134 Å². The Morgan fingerprint density at radius 2 is 1.56 bits per heavy atom. The van der Waals surface area contributed by atoms with Crippen LogP contribution >= 0.6 is 34.8 Å². The van der Waals surface area contributed by atoms with Gasteiger partial charge in [0.2, 0.25) is 10.0 Å². The van der Waals surface area contributed by atoms with Crippen LogP contribution in [0.15, 0.2) is 96.4 Å². The molecule has 1 amide bonds. The molecule has 3 aliphatic rings. The van der Waals surface area contributed by atoms with E-state index in [1.54, 1.807) is 42.1 Å². The van der Waals surface area contributed by atoms with Crippen LogP contribution in [0.1, 0.15) is 145 Å². The maximum atomic E-state index is 13.6. The van der Waals surface area contributed by atoms with Gasteiger partial charge in [-0.1, -0.05) is 96.9 Å². The Hall–Kier alpha value is -5.28. The zero-order valence-corrected chi connectivity index (χ0v) is 43.3. The largest absolute Gasteiger partial charge is 0.497 e. The van der Waals surface area contributed by atoms with Crippen LogP contribution in [0.4, 0.5) is 4.39 Å². The molecular formula is C55H61Cl3FN7O4S. The summed E-state index contributed by atoms with van der Waals surface area (Å²) in [6.45, 7) is 3.50. The van der Waals surface area contributed by atoms with Gasteiger partial charge < -0.3 is 4.74 Å². The molecule has 3 heterocycles. The normalized spacial score (nSPS) is 17.7. The average Bonchev–Trinajstić information content (AvgIpc) is 3.92. The van der Waals surface area contributed by atoms with E-state index in [0.29, 0.717) is 33.0 Å². The third-order valence-electron chi connectivity index (χ3n) is 13.4. The number of amides is 1. The molecule has 71 heavy (non-hydrogen) atoms. The minimum absolute atomic E-state index is 0.196. The lowest BCUT2D eigenvalue weighted by molar-refractivity contribution is 0.0743. The molecule has 1 fully saturated rings. The molecule has 0 radical (unpaired) electrons. The summed E-state index contributed by atoms with van der Waals surface area (Å²) in [5, 5.41) is 17.5. The lowest BCUT2D eigenvalue weighted by Crippen LogP contribution is -2.45. The van der Waals surface area contributed by atoms with Crippen LogP contribution < -0.4 is 14.9 Å². The van der Waals surface area contributed by atoms with Gasteiger partial charge in [-0.3, -0.25) is 15.3 Å². The van der Waals surface area contributed by atoms with Crippen molar-refractivity contribution >= 4 is 68.5 Å². The molecule has 4 aromatic carbocycles. The van der Waals surface area contributed by atoms with Gasteiger partial charge in [0.15, 0.2) is 5.69 Å². The highest BCUT2D eigenvalue weighted by atomic mass is 35.5. The molecule has 2 aliphatic carbocycles. The fraction of sp³-hybridized carbons (Fsp3) is 0.364. The second kappa shape index (κ2) is 24.4. The van der Waals surface area contributed by atoms with Crippen molar-refractivity contribution in [2.24, 2.45) is 0 Å². The van der Waals surface area contributed by atoms with Crippen molar-refractivity contribution < 1.29 is 22.3 Å². The summed E-state index contributed by atoms with van der Waals surface area (Å²) in [5.74, 6) is 0.555. The fourth-order valence-corrected chi connectivity index (χ4v) is 11.5. The number of benzene rings is 4. The average molecular weight is 1040 g/mol. The van der Waals surface area contributed by atoms with Crippen LogP contribution in [0.5, 0.6) is 5.75 Å². The lowest BCUT2D eigenvalue weighted by atomic mass is 9.85. The Balaban J connectivity index is 0.000000191. The second-order valence-corrected chi connectivity index (χ2v) is 21.4. The first kappa shape index (κ1) is 52.1. The molecule has 0 spiro atoms.